The third-order valence-electron chi connectivity index (χ3n) is 3.42. The van der Waals surface area contributed by atoms with Gasteiger partial charge in [0, 0.05) is 11.3 Å². The van der Waals surface area contributed by atoms with Crippen molar-refractivity contribution in [2.24, 2.45) is 0 Å². The fraction of sp³-hybridized carbons (Fsp3) is 0.167. The molecule has 2 aromatic carbocycles. The largest absolute Gasteiger partial charge is 0.545 e. The van der Waals surface area contributed by atoms with Crippen LogP contribution in [0, 0.1) is 0 Å². The van der Waals surface area contributed by atoms with E-state index < -0.39 is 21.8 Å². The van der Waals surface area contributed by atoms with Crippen LogP contribution >= 0.6 is 47.0 Å². The Morgan fingerprint density at radius 2 is 1.66 bits per heavy atom. The first-order valence-corrected chi connectivity index (χ1v) is 9.63. The molecule has 0 heterocycles. The fourth-order valence-electron chi connectivity index (χ4n) is 2.13. The highest BCUT2D eigenvalue weighted by molar-refractivity contribution is 7.80. The third-order valence-corrected chi connectivity index (χ3v) is 4.29. The van der Waals surface area contributed by atoms with E-state index in [1.165, 1.54) is 18.2 Å². The summed E-state index contributed by atoms with van der Waals surface area (Å²) in [4.78, 5) is 23.3. The van der Waals surface area contributed by atoms with Crippen LogP contribution in [-0.4, -0.2) is 33.6 Å². The van der Waals surface area contributed by atoms with Gasteiger partial charge >= 0.3 is 0 Å². The van der Waals surface area contributed by atoms with Crippen LogP contribution in [0.2, 0.25) is 0 Å². The van der Waals surface area contributed by atoms with Crippen LogP contribution in [0.5, 0.6) is 5.75 Å². The molecular weight excluding hydrogens is 461 g/mol. The molecule has 0 aliphatic rings. The maximum absolute atomic E-state index is 12.2. The maximum atomic E-state index is 12.2. The zero-order chi connectivity index (χ0) is 21.4. The molecule has 1 amide bonds. The van der Waals surface area contributed by atoms with E-state index in [9.17, 15) is 14.7 Å². The summed E-state index contributed by atoms with van der Waals surface area (Å²) in [7, 11) is 0. The van der Waals surface area contributed by atoms with Gasteiger partial charge < -0.3 is 30.6 Å². The van der Waals surface area contributed by atoms with Crippen molar-refractivity contribution < 1.29 is 19.4 Å². The molecule has 1 atom stereocenters. The number of anilines is 1. The van der Waals surface area contributed by atoms with E-state index in [0.717, 1.165) is 0 Å². The first-order valence-electron chi connectivity index (χ1n) is 8.08. The molecule has 0 aliphatic carbocycles. The van der Waals surface area contributed by atoms with E-state index in [1.807, 2.05) is 6.07 Å². The molecule has 0 bridgehead atoms. The van der Waals surface area contributed by atoms with E-state index >= 15 is 0 Å². The molecule has 0 fully saturated rings. The number of rotatable bonds is 7. The van der Waals surface area contributed by atoms with Gasteiger partial charge in [0.1, 0.15) is 11.9 Å². The van der Waals surface area contributed by atoms with Crippen molar-refractivity contribution in [2.45, 2.75) is 9.96 Å². The lowest BCUT2D eigenvalue weighted by atomic mass is 10.2. The lowest BCUT2D eigenvalue weighted by molar-refractivity contribution is -0.254. The van der Waals surface area contributed by atoms with Gasteiger partial charge in [0.15, 0.2) is 11.7 Å². The van der Waals surface area contributed by atoms with Crippen molar-refractivity contribution in [1.82, 2.24) is 10.6 Å². The van der Waals surface area contributed by atoms with Gasteiger partial charge in [0.05, 0.1) is 5.97 Å². The minimum atomic E-state index is -1.97. The number of carbonyl (C=O) groups is 2. The monoisotopic (exact) mass is 474 g/mol. The van der Waals surface area contributed by atoms with E-state index in [0.29, 0.717) is 5.75 Å². The number of amides is 1. The van der Waals surface area contributed by atoms with Crippen LogP contribution in [0.1, 0.15) is 10.4 Å². The topological polar surface area (TPSA) is 103 Å². The van der Waals surface area contributed by atoms with Gasteiger partial charge in [-0.15, -0.1) is 0 Å². The number of carboxylic acids is 1. The molecule has 0 saturated heterocycles. The number of carboxylic acid groups (broad SMARTS) is 1. The highest BCUT2D eigenvalue weighted by Gasteiger charge is 2.34. The van der Waals surface area contributed by atoms with Gasteiger partial charge in [0.2, 0.25) is 3.79 Å². The molecule has 0 radical (unpaired) electrons. The second-order valence-corrected chi connectivity index (χ2v) is 8.35. The molecule has 0 aromatic heterocycles. The lowest BCUT2D eigenvalue weighted by Gasteiger charge is -2.28. The standard InChI is InChI=1S/C18H16Cl3N3O4S/c19-18(20,21)16(23-14(25)10-28-11-6-2-1-3-7-11)24-17(29)22-13-9-5-4-8-12(13)15(26)27/h1-9,16H,10H2,(H,23,25)(H,26,27)(H2,22,24,29)/p-1/t16-/m0/s1. The number of nitrogens with one attached hydrogen (secondary N) is 3. The van der Waals surface area contributed by atoms with Gasteiger partial charge in [-0.25, -0.2) is 0 Å². The van der Waals surface area contributed by atoms with Gasteiger partial charge in [0.25, 0.3) is 5.91 Å². The van der Waals surface area contributed by atoms with Gasteiger partial charge in [-0.1, -0.05) is 71.2 Å². The highest BCUT2D eigenvalue weighted by atomic mass is 35.6. The number of para-hydroxylation sites is 2. The van der Waals surface area contributed by atoms with Crippen LogP contribution in [0.3, 0.4) is 0 Å². The van der Waals surface area contributed by atoms with Crippen LogP contribution in [0.15, 0.2) is 54.6 Å². The van der Waals surface area contributed by atoms with E-state index in [4.69, 9.17) is 51.8 Å². The second-order valence-electron chi connectivity index (χ2n) is 5.58. The number of alkyl halides is 3. The summed E-state index contributed by atoms with van der Waals surface area (Å²) in [6.45, 7) is -0.323. The van der Waals surface area contributed by atoms with Crippen LogP contribution < -0.4 is 25.8 Å². The second kappa shape index (κ2) is 10.5. The maximum Gasteiger partial charge on any atom is 0.259 e. The zero-order valence-corrected chi connectivity index (χ0v) is 17.7. The Bertz CT molecular complexity index is 878. The summed E-state index contributed by atoms with van der Waals surface area (Å²) in [5, 5.41) is 18.8. The predicted molar refractivity (Wildman–Crippen MR) is 114 cm³/mol. The van der Waals surface area contributed by atoms with Crippen molar-refractivity contribution in [3.63, 3.8) is 0 Å². The van der Waals surface area contributed by atoms with Crippen molar-refractivity contribution in [1.29, 1.82) is 0 Å². The van der Waals surface area contributed by atoms with Crippen LogP contribution in [0.25, 0.3) is 0 Å². The Kier molecular flexibility index (Phi) is 8.33. The summed E-state index contributed by atoms with van der Waals surface area (Å²) in [6.07, 6.45) is -1.23. The Hall–Kier alpha value is -2.26. The third kappa shape index (κ3) is 7.58. The number of halogens is 3. The number of hydrogen-bond donors (Lipinski definition) is 3. The molecule has 0 unspecified atom stereocenters. The average Bonchev–Trinajstić information content (AvgIpc) is 2.66. The number of hydrogen-bond acceptors (Lipinski definition) is 5. The van der Waals surface area contributed by atoms with Crippen molar-refractivity contribution >= 4 is 69.7 Å². The smallest absolute Gasteiger partial charge is 0.259 e. The van der Waals surface area contributed by atoms with Gasteiger partial charge in [-0.05, 0) is 30.4 Å². The number of benzene rings is 2. The number of ether oxygens (including phenoxy) is 1. The Morgan fingerprint density at radius 3 is 2.28 bits per heavy atom. The minimum absolute atomic E-state index is 0.0840. The SMILES string of the molecule is O=C(COc1ccccc1)N[C@@H](NC(=S)Nc1ccccc1C(=O)[O-])C(Cl)(Cl)Cl. The number of thiocarbonyl (C=S) groups is 1. The normalized spacial score (nSPS) is 11.8. The molecule has 29 heavy (non-hydrogen) atoms. The van der Waals surface area contributed by atoms with Gasteiger partial charge in [-0.3, -0.25) is 4.79 Å². The molecule has 7 nitrogen and oxygen atoms in total. The fourth-order valence-corrected chi connectivity index (χ4v) is 2.68. The van der Waals surface area contributed by atoms with Crippen LogP contribution in [-0.2, 0) is 4.79 Å². The Labute approximate surface area is 187 Å². The van der Waals surface area contributed by atoms with E-state index in [2.05, 4.69) is 16.0 Å². The number of carbonyl (C=O) groups excluding carboxylic acids is 2. The molecule has 0 spiro atoms. The molecule has 2 rings (SSSR count). The summed E-state index contributed by atoms with van der Waals surface area (Å²) < 4.78 is 3.36. The van der Waals surface area contributed by atoms with Crippen molar-refractivity contribution in [3.05, 3.63) is 60.2 Å². The first-order chi connectivity index (χ1) is 13.7. The average molecular weight is 476 g/mol. The summed E-state index contributed by atoms with van der Waals surface area (Å²) in [5.74, 6) is -1.46. The highest BCUT2D eigenvalue weighted by Crippen LogP contribution is 2.29. The van der Waals surface area contributed by atoms with Gasteiger partial charge in [-0.2, -0.15) is 0 Å². The molecule has 0 saturated carbocycles. The predicted octanol–water partition coefficient (Wildman–Crippen LogP) is 2.23. The minimum Gasteiger partial charge on any atom is -0.545 e. The quantitative estimate of drug-likeness (QED) is 0.321. The van der Waals surface area contributed by atoms with E-state index in [-0.39, 0.29) is 23.0 Å². The zero-order valence-electron chi connectivity index (χ0n) is 14.7. The summed E-state index contributed by atoms with van der Waals surface area (Å²) in [5.41, 5.74) is 0.0641. The lowest BCUT2D eigenvalue weighted by Crippen LogP contribution is -2.57. The van der Waals surface area contributed by atoms with E-state index in [1.54, 1.807) is 30.3 Å². The summed E-state index contributed by atoms with van der Waals surface area (Å²) in [6, 6.07) is 14.7. The first kappa shape index (κ1) is 23.0. The molecule has 3 N–H and O–H groups in total. The Morgan fingerprint density at radius 1 is 1.03 bits per heavy atom. The van der Waals surface area contributed by atoms with Crippen LogP contribution in [0.4, 0.5) is 5.69 Å². The molecule has 0 aliphatic heterocycles. The molecule has 11 heteroatoms. The summed E-state index contributed by atoms with van der Waals surface area (Å²) >= 11 is 22.9. The Balaban J connectivity index is 1.99. The molecule has 154 valence electrons. The molecule has 2 aromatic rings. The molecular formula is C18H15Cl3N3O4S-. The van der Waals surface area contributed by atoms with Crippen molar-refractivity contribution in [3.8, 4) is 5.75 Å². The van der Waals surface area contributed by atoms with Crippen molar-refractivity contribution in [2.75, 3.05) is 11.9 Å². The number of aromatic carboxylic acids is 1.